The van der Waals surface area contributed by atoms with Gasteiger partial charge >= 0.3 is 0 Å². The molecule has 0 saturated heterocycles. The van der Waals surface area contributed by atoms with E-state index in [1.165, 1.54) is 13.0 Å². The van der Waals surface area contributed by atoms with Gasteiger partial charge in [-0.3, -0.25) is 0 Å². The van der Waals surface area contributed by atoms with Crippen LogP contribution in [-0.4, -0.2) is 35.6 Å². The van der Waals surface area contributed by atoms with Gasteiger partial charge in [-0.15, -0.1) is 24.0 Å². The maximum atomic E-state index is 13.7. The van der Waals surface area contributed by atoms with Crippen LogP contribution in [0, 0.1) is 11.6 Å². The second-order valence-corrected chi connectivity index (χ2v) is 5.41. The number of nitrogens with two attached hydrogens (primary N) is 1. The molecule has 1 atom stereocenters. The SMILES string of the molecule is CN(C(N)=NCC(C)(O)c1ccc(F)cc1F)C1CC1.I. The molecule has 1 fully saturated rings. The Bertz CT molecular complexity index is 533. The average molecular weight is 411 g/mol. The quantitative estimate of drug-likeness (QED) is 0.454. The predicted octanol–water partition coefficient (Wildman–Crippen LogP) is 2.20. The Hall–Kier alpha value is -0.960. The molecule has 1 aliphatic rings. The molecule has 1 unspecified atom stereocenters. The van der Waals surface area contributed by atoms with E-state index in [9.17, 15) is 13.9 Å². The largest absolute Gasteiger partial charge is 0.383 e. The smallest absolute Gasteiger partial charge is 0.191 e. The van der Waals surface area contributed by atoms with Gasteiger partial charge in [0.15, 0.2) is 5.96 Å². The summed E-state index contributed by atoms with van der Waals surface area (Å²) in [5.41, 5.74) is 4.29. The topological polar surface area (TPSA) is 61.8 Å². The molecule has 0 aliphatic heterocycles. The van der Waals surface area contributed by atoms with Gasteiger partial charge in [-0.1, -0.05) is 6.07 Å². The third-order valence-electron chi connectivity index (χ3n) is 3.52. The number of rotatable bonds is 4. The number of halogens is 3. The molecule has 0 aromatic heterocycles. The first-order chi connectivity index (χ1) is 9.31. The van der Waals surface area contributed by atoms with Crippen molar-refractivity contribution in [1.82, 2.24) is 4.90 Å². The van der Waals surface area contributed by atoms with Gasteiger partial charge in [-0.05, 0) is 25.8 Å². The molecule has 1 aliphatic carbocycles. The van der Waals surface area contributed by atoms with Crippen molar-refractivity contribution in [2.45, 2.75) is 31.4 Å². The summed E-state index contributed by atoms with van der Waals surface area (Å²) in [7, 11) is 1.84. The number of hydrogen-bond acceptors (Lipinski definition) is 2. The van der Waals surface area contributed by atoms with Crippen LogP contribution in [0.15, 0.2) is 23.2 Å². The van der Waals surface area contributed by atoms with E-state index in [4.69, 9.17) is 5.73 Å². The van der Waals surface area contributed by atoms with E-state index in [-0.39, 0.29) is 36.1 Å². The molecule has 7 heteroatoms. The minimum atomic E-state index is -1.53. The summed E-state index contributed by atoms with van der Waals surface area (Å²) >= 11 is 0. The van der Waals surface area contributed by atoms with Gasteiger partial charge in [-0.25, -0.2) is 13.8 Å². The molecule has 118 valence electrons. The molecular weight excluding hydrogens is 391 g/mol. The van der Waals surface area contributed by atoms with Crippen molar-refractivity contribution in [1.29, 1.82) is 0 Å². The standard InChI is InChI=1S/C14H19F2N3O.HI/c1-14(20,11-6-3-9(15)7-12(11)16)8-18-13(17)19(2)10-4-5-10;/h3,6-7,10,20H,4-5,8H2,1-2H3,(H2,17,18);1H. The Morgan fingerprint density at radius 3 is 2.62 bits per heavy atom. The number of aliphatic hydroxyl groups is 1. The zero-order valence-corrected chi connectivity index (χ0v) is 14.3. The van der Waals surface area contributed by atoms with Gasteiger partial charge in [0.05, 0.1) is 6.54 Å². The molecule has 0 bridgehead atoms. The van der Waals surface area contributed by atoms with Crippen LogP contribution >= 0.6 is 24.0 Å². The van der Waals surface area contributed by atoms with Crippen molar-refractivity contribution < 1.29 is 13.9 Å². The molecule has 1 aromatic carbocycles. The second kappa shape index (κ2) is 6.87. The lowest BCUT2D eigenvalue weighted by atomic mass is 9.95. The Kier molecular flexibility index (Phi) is 5.92. The van der Waals surface area contributed by atoms with E-state index in [2.05, 4.69) is 4.99 Å². The Labute approximate surface area is 140 Å². The molecule has 4 nitrogen and oxygen atoms in total. The maximum absolute atomic E-state index is 13.7. The first-order valence-electron chi connectivity index (χ1n) is 6.52. The number of guanidine groups is 1. The normalized spacial score (nSPS) is 17.9. The highest BCUT2D eigenvalue weighted by molar-refractivity contribution is 14.0. The van der Waals surface area contributed by atoms with Crippen molar-refractivity contribution >= 4 is 29.9 Å². The summed E-state index contributed by atoms with van der Waals surface area (Å²) in [4.78, 5) is 5.95. The molecular formula is C14H20F2IN3O. The minimum Gasteiger partial charge on any atom is -0.383 e. The van der Waals surface area contributed by atoms with Crippen molar-refractivity contribution in [2.24, 2.45) is 10.7 Å². The fourth-order valence-corrected chi connectivity index (χ4v) is 2.01. The van der Waals surface area contributed by atoms with Crippen molar-refractivity contribution in [2.75, 3.05) is 13.6 Å². The fraction of sp³-hybridized carbons (Fsp3) is 0.500. The van der Waals surface area contributed by atoms with Crippen LogP contribution in [0.25, 0.3) is 0 Å². The number of aliphatic imine (C=N–C) groups is 1. The van der Waals surface area contributed by atoms with Crippen LogP contribution in [-0.2, 0) is 5.60 Å². The summed E-state index contributed by atoms with van der Waals surface area (Å²) < 4.78 is 26.6. The fourth-order valence-electron chi connectivity index (χ4n) is 2.01. The third-order valence-corrected chi connectivity index (χ3v) is 3.52. The zero-order chi connectivity index (χ0) is 14.9. The lowest BCUT2D eigenvalue weighted by molar-refractivity contribution is 0.0631. The van der Waals surface area contributed by atoms with Gasteiger partial charge in [-0.2, -0.15) is 0 Å². The molecule has 1 saturated carbocycles. The van der Waals surface area contributed by atoms with E-state index >= 15 is 0 Å². The van der Waals surface area contributed by atoms with Gasteiger partial charge in [0.1, 0.15) is 17.2 Å². The molecule has 1 aromatic rings. The first-order valence-corrected chi connectivity index (χ1v) is 6.52. The second-order valence-electron chi connectivity index (χ2n) is 5.41. The monoisotopic (exact) mass is 411 g/mol. The summed E-state index contributed by atoms with van der Waals surface area (Å²) in [6, 6.07) is 3.48. The molecule has 21 heavy (non-hydrogen) atoms. The Morgan fingerprint density at radius 2 is 2.10 bits per heavy atom. The van der Waals surface area contributed by atoms with Crippen molar-refractivity contribution in [3.63, 3.8) is 0 Å². The highest BCUT2D eigenvalue weighted by atomic mass is 127. The number of hydrogen-bond donors (Lipinski definition) is 2. The van der Waals surface area contributed by atoms with Gasteiger partial charge in [0.25, 0.3) is 0 Å². The summed E-state index contributed by atoms with van der Waals surface area (Å²) in [6.07, 6.45) is 2.16. The van der Waals surface area contributed by atoms with Gasteiger partial charge in [0.2, 0.25) is 0 Å². The summed E-state index contributed by atoms with van der Waals surface area (Å²) in [6.45, 7) is 1.34. The molecule has 0 spiro atoms. The van der Waals surface area contributed by atoms with E-state index in [0.29, 0.717) is 12.0 Å². The Balaban J connectivity index is 0.00000220. The highest BCUT2D eigenvalue weighted by Gasteiger charge is 2.29. The van der Waals surface area contributed by atoms with Crippen LogP contribution in [0.2, 0.25) is 0 Å². The highest BCUT2D eigenvalue weighted by Crippen LogP contribution is 2.26. The van der Waals surface area contributed by atoms with E-state index in [1.807, 2.05) is 11.9 Å². The molecule has 0 amide bonds. The van der Waals surface area contributed by atoms with Crippen LogP contribution in [0.5, 0.6) is 0 Å². The lowest BCUT2D eigenvalue weighted by Crippen LogP contribution is -2.37. The van der Waals surface area contributed by atoms with Crippen LogP contribution in [0.1, 0.15) is 25.3 Å². The first kappa shape index (κ1) is 18.1. The molecule has 0 radical (unpaired) electrons. The van der Waals surface area contributed by atoms with Crippen molar-refractivity contribution in [3.8, 4) is 0 Å². The number of nitrogens with zero attached hydrogens (tertiary/aromatic N) is 2. The van der Waals surface area contributed by atoms with Crippen LogP contribution < -0.4 is 5.73 Å². The van der Waals surface area contributed by atoms with Crippen molar-refractivity contribution in [3.05, 3.63) is 35.4 Å². The predicted molar refractivity (Wildman–Crippen MR) is 88.6 cm³/mol. The maximum Gasteiger partial charge on any atom is 0.191 e. The van der Waals surface area contributed by atoms with Crippen LogP contribution in [0.4, 0.5) is 8.78 Å². The number of benzene rings is 1. The molecule has 3 N–H and O–H groups in total. The van der Waals surface area contributed by atoms with Crippen LogP contribution in [0.3, 0.4) is 0 Å². The van der Waals surface area contributed by atoms with Gasteiger partial charge in [0, 0.05) is 24.7 Å². The molecule has 2 rings (SSSR count). The minimum absolute atomic E-state index is 0. The summed E-state index contributed by atoms with van der Waals surface area (Å²) in [5.74, 6) is -1.16. The lowest BCUT2D eigenvalue weighted by Gasteiger charge is -2.24. The van der Waals surface area contributed by atoms with E-state index in [0.717, 1.165) is 25.0 Å². The summed E-state index contributed by atoms with van der Waals surface area (Å²) in [5, 5.41) is 10.3. The van der Waals surface area contributed by atoms with Gasteiger partial charge < -0.3 is 15.7 Å². The van der Waals surface area contributed by atoms with E-state index < -0.39 is 17.2 Å². The van der Waals surface area contributed by atoms with E-state index in [1.54, 1.807) is 0 Å². The zero-order valence-electron chi connectivity index (χ0n) is 12.0. The average Bonchev–Trinajstić information content (AvgIpc) is 3.18. The third kappa shape index (κ3) is 4.50. The Morgan fingerprint density at radius 1 is 1.48 bits per heavy atom. The molecule has 0 heterocycles.